The van der Waals surface area contributed by atoms with Crippen LogP contribution in [0.3, 0.4) is 0 Å². The third kappa shape index (κ3) is 2.77. The number of ketones is 1. The largest absolute Gasteiger partial charge is 0.293 e. The third-order valence-electron chi connectivity index (χ3n) is 3.06. The van der Waals surface area contributed by atoms with Crippen LogP contribution < -0.4 is 5.56 Å². The van der Waals surface area contributed by atoms with Gasteiger partial charge in [-0.1, -0.05) is 11.8 Å². The van der Waals surface area contributed by atoms with E-state index in [4.69, 9.17) is 0 Å². The average Bonchev–Trinajstić information content (AvgIpc) is 2.88. The topological polar surface area (TPSA) is 80.1 Å². The molecular weight excluding hydrogens is 307 g/mol. The maximum absolute atomic E-state index is 12.8. The van der Waals surface area contributed by atoms with E-state index in [0.29, 0.717) is 22.2 Å². The van der Waals surface area contributed by atoms with Gasteiger partial charge in [0.05, 0.1) is 5.75 Å². The molecule has 112 valence electrons. The Morgan fingerprint density at radius 3 is 2.77 bits per heavy atom. The number of rotatable bonds is 4. The monoisotopic (exact) mass is 318 g/mol. The molecule has 6 nitrogen and oxygen atoms in total. The number of carbonyl (C=O) groups is 1. The van der Waals surface area contributed by atoms with Gasteiger partial charge in [0.1, 0.15) is 5.82 Å². The predicted octanol–water partition coefficient (Wildman–Crippen LogP) is 1.84. The van der Waals surface area contributed by atoms with Gasteiger partial charge in [0, 0.05) is 17.3 Å². The highest BCUT2D eigenvalue weighted by atomic mass is 32.2. The lowest BCUT2D eigenvalue weighted by atomic mass is 10.1. The number of nitrogens with zero attached hydrogens (tertiary/aromatic N) is 3. The highest BCUT2D eigenvalue weighted by Crippen LogP contribution is 2.18. The number of aromatic amines is 1. The number of thioether (sulfide) groups is 1. The van der Waals surface area contributed by atoms with Crippen LogP contribution in [0.25, 0.3) is 5.78 Å². The van der Waals surface area contributed by atoms with Crippen LogP contribution in [0.1, 0.15) is 16.1 Å². The molecule has 2 aromatic heterocycles. The lowest BCUT2D eigenvalue weighted by Gasteiger charge is -2.03. The molecule has 0 atom stereocenters. The van der Waals surface area contributed by atoms with Crippen molar-refractivity contribution in [2.45, 2.75) is 12.1 Å². The number of benzene rings is 1. The summed E-state index contributed by atoms with van der Waals surface area (Å²) in [7, 11) is 0. The molecule has 0 bridgehead atoms. The van der Waals surface area contributed by atoms with E-state index in [-0.39, 0.29) is 22.9 Å². The first-order chi connectivity index (χ1) is 10.5. The van der Waals surface area contributed by atoms with E-state index in [2.05, 4.69) is 15.2 Å². The van der Waals surface area contributed by atoms with Gasteiger partial charge in [-0.3, -0.25) is 19.0 Å². The molecule has 22 heavy (non-hydrogen) atoms. The van der Waals surface area contributed by atoms with E-state index in [0.717, 1.165) is 0 Å². The quantitative estimate of drug-likeness (QED) is 0.586. The first-order valence-electron chi connectivity index (χ1n) is 6.41. The highest BCUT2D eigenvalue weighted by molar-refractivity contribution is 7.99. The molecule has 0 aliphatic carbocycles. The van der Waals surface area contributed by atoms with E-state index >= 15 is 0 Å². The predicted molar refractivity (Wildman–Crippen MR) is 79.8 cm³/mol. The second kappa shape index (κ2) is 5.72. The Morgan fingerprint density at radius 2 is 2.05 bits per heavy atom. The van der Waals surface area contributed by atoms with Crippen molar-refractivity contribution in [1.29, 1.82) is 0 Å². The number of aryl methyl sites for hydroxylation is 1. The fourth-order valence-corrected chi connectivity index (χ4v) is 2.90. The Bertz CT molecular complexity index is 901. The zero-order valence-corrected chi connectivity index (χ0v) is 12.4. The number of carbonyl (C=O) groups excluding carboxylic acids is 1. The van der Waals surface area contributed by atoms with Gasteiger partial charge in [-0.15, -0.1) is 10.2 Å². The van der Waals surface area contributed by atoms with Crippen LogP contribution >= 0.6 is 11.8 Å². The number of aromatic nitrogens is 4. The van der Waals surface area contributed by atoms with Crippen molar-refractivity contribution in [3.05, 3.63) is 57.8 Å². The van der Waals surface area contributed by atoms with Crippen LogP contribution in [0.4, 0.5) is 4.39 Å². The summed E-state index contributed by atoms with van der Waals surface area (Å²) in [6.07, 6.45) is 0. The molecule has 3 aromatic rings. The average molecular weight is 318 g/mol. The summed E-state index contributed by atoms with van der Waals surface area (Å²) in [6, 6.07) is 6.83. The van der Waals surface area contributed by atoms with Crippen LogP contribution in [-0.2, 0) is 0 Å². The van der Waals surface area contributed by atoms with Crippen LogP contribution in [0.5, 0.6) is 0 Å². The normalized spacial score (nSPS) is 11.0. The number of Topliss-reactive ketones (excluding diaryl/α,β-unsaturated/α-hetero) is 1. The molecule has 1 N–H and O–H groups in total. The van der Waals surface area contributed by atoms with Gasteiger partial charge in [-0.25, -0.2) is 4.39 Å². The van der Waals surface area contributed by atoms with Crippen molar-refractivity contribution in [3.63, 3.8) is 0 Å². The molecule has 0 unspecified atom stereocenters. The van der Waals surface area contributed by atoms with Crippen LogP contribution in [0.15, 0.2) is 40.3 Å². The van der Waals surface area contributed by atoms with Gasteiger partial charge < -0.3 is 0 Å². The summed E-state index contributed by atoms with van der Waals surface area (Å²) in [6.45, 7) is 1.76. The SMILES string of the molecule is Cc1cc(=O)[nH]c2nnc(SCC(=O)c3ccc(F)cc3)n12. The summed E-state index contributed by atoms with van der Waals surface area (Å²) in [5, 5.41) is 8.36. The summed E-state index contributed by atoms with van der Waals surface area (Å²) in [4.78, 5) is 26.0. The third-order valence-corrected chi connectivity index (χ3v) is 3.99. The molecule has 0 saturated carbocycles. The lowest BCUT2D eigenvalue weighted by molar-refractivity contribution is 0.102. The van der Waals surface area contributed by atoms with Crippen molar-refractivity contribution < 1.29 is 9.18 Å². The van der Waals surface area contributed by atoms with Crippen molar-refractivity contribution in [2.24, 2.45) is 0 Å². The minimum absolute atomic E-state index is 0.135. The molecule has 0 amide bonds. The first-order valence-corrected chi connectivity index (χ1v) is 7.40. The maximum atomic E-state index is 12.8. The Kier molecular flexibility index (Phi) is 3.76. The molecule has 8 heteroatoms. The van der Waals surface area contributed by atoms with Gasteiger partial charge in [-0.05, 0) is 31.2 Å². The molecule has 0 radical (unpaired) electrons. The number of halogens is 1. The van der Waals surface area contributed by atoms with Crippen molar-refractivity contribution in [3.8, 4) is 0 Å². The molecule has 2 heterocycles. The molecular formula is C14H11FN4O2S. The Morgan fingerprint density at radius 1 is 1.32 bits per heavy atom. The molecule has 0 fully saturated rings. The van der Waals surface area contributed by atoms with Crippen LogP contribution in [-0.4, -0.2) is 31.1 Å². The smallest absolute Gasteiger partial charge is 0.252 e. The van der Waals surface area contributed by atoms with Crippen LogP contribution in [0.2, 0.25) is 0 Å². The Labute approximate surface area is 128 Å². The summed E-state index contributed by atoms with van der Waals surface area (Å²) >= 11 is 1.21. The molecule has 0 spiro atoms. The Hall–Kier alpha value is -2.48. The second-order valence-electron chi connectivity index (χ2n) is 4.64. The standard InChI is InChI=1S/C14H11FN4O2S/c1-8-6-12(21)16-13-17-18-14(19(8)13)22-7-11(20)9-2-4-10(15)5-3-9/h2-6H,7H2,1H3,(H,16,17,21). The maximum Gasteiger partial charge on any atom is 0.252 e. The molecule has 0 aliphatic heterocycles. The van der Waals surface area contributed by atoms with E-state index in [1.165, 1.54) is 42.1 Å². The van der Waals surface area contributed by atoms with Gasteiger partial charge in [-0.2, -0.15) is 0 Å². The Balaban J connectivity index is 1.81. The first kappa shape index (κ1) is 14.5. The summed E-state index contributed by atoms with van der Waals surface area (Å²) in [5.74, 6) is -0.0388. The van der Waals surface area contributed by atoms with E-state index in [1.807, 2.05) is 0 Å². The zero-order chi connectivity index (χ0) is 15.7. The number of H-pyrrole nitrogens is 1. The molecule has 0 saturated heterocycles. The second-order valence-corrected chi connectivity index (χ2v) is 5.58. The zero-order valence-electron chi connectivity index (χ0n) is 11.5. The minimum atomic E-state index is -0.382. The molecule has 3 rings (SSSR count). The fraction of sp³-hybridized carbons (Fsp3) is 0.143. The van der Waals surface area contributed by atoms with Gasteiger partial charge in [0.25, 0.3) is 5.56 Å². The number of hydrogen-bond donors (Lipinski definition) is 1. The van der Waals surface area contributed by atoms with E-state index in [1.54, 1.807) is 11.3 Å². The highest BCUT2D eigenvalue weighted by Gasteiger charge is 2.13. The fourth-order valence-electron chi connectivity index (χ4n) is 2.01. The van der Waals surface area contributed by atoms with Crippen molar-refractivity contribution >= 4 is 23.3 Å². The number of nitrogens with one attached hydrogen (secondary N) is 1. The molecule has 1 aromatic carbocycles. The van der Waals surface area contributed by atoms with Crippen LogP contribution in [0, 0.1) is 12.7 Å². The van der Waals surface area contributed by atoms with Crippen molar-refractivity contribution in [2.75, 3.05) is 5.75 Å². The summed E-state index contributed by atoms with van der Waals surface area (Å²) in [5.41, 5.74) is 0.865. The molecule has 0 aliphatic rings. The summed E-state index contributed by atoms with van der Waals surface area (Å²) < 4.78 is 14.5. The number of hydrogen-bond acceptors (Lipinski definition) is 5. The van der Waals surface area contributed by atoms with Crippen molar-refractivity contribution in [1.82, 2.24) is 19.6 Å². The van der Waals surface area contributed by atoms with Gasteiger partial charge in [0.2, 0.25) is 5.78 Å². The minimum Gasteiger partial charge on any atom is -0.293 e. The van der Waals surface area contributed by atoms with Gasteiger partial charge in [0.15, 0.2) is 10.9 Å². The van der Waals surface area contributed by atoms with E-state index < -0.39 is 0 Å². The lowest BCUT2D eigenvalue weighted by Crippen LogP contribution is -2.10. The van der Waals surface area contributed by atoms with Gasteiger partial charge >= 0.3 is 0 Å². The number of fused-ring (bicyclic) bond motifs is 1. The van der Waals surface area contributed by atoms with E-state index in [9.17, 15) is 14.0 Å².